The average Bonchev–Trinajstić information content (AvgIpc) is 2.47. The summed E-state index contributed by atoms with van der Waals surface area (Å²) in [6, 6.07) is 12.8. The van der Waals surface area contributed by atoms with E-state index in [0.29, 0.717) is 11.5 Å². The molecule has 0 aliphatic carbocycles. The highest BCUT2D eigenvalue weighted by atomic mass is 32.2. The van der Waals surface area contributed by atoms with Crippen LogP contribution in [0.4, 0.5) is 0 Å². The van der Waals surface area contributed by atoms with Crippen molar-refractivity contribution in [3.05, 3.63) is 48.5 Å². The van der Waals surface area contributed by atoms with Gasteiger partial charge in [0.25, 0.3) is 0 Å². The molecule has 0 saturated heterocycles. The molecule has 100 valence electrons. The fourth-order valence-electron chi connectivity index (χ4n) is 1.67. The van der Waals surface area contributed by atoms with Crippen LogP contribution >= 0.6 is 0 Å². The minimum Gasteiger partial charge on any atom is -0.497 e. The van der Waals surface area contributed by atoms with Gasteiger partial charge >= 0.3 is 0 Å². The Balaban J connectivity index is 2.58. The average molecular weight is 278 g/mol. The summed E-state index contributed by atoms with van der Waals surface area (Å²) in [5, 5.41) is 0. The fraction of sp³-hybridized carbons (Fsp3) is 0.143. The largest absolute Gasteiger partial charge is 0.497 e. The van der Waals surface area contributed by atoms with E-state index in [4.69, 9.17) is 9.47 Å². The molecule has 0 radical (unpaired) electrons. The van der Waals surface area contributed by atoms with Crippen LogP contribution in [0.2, 0.25) is 0 Å². The highest BCUT2D eigenvalue weighted by Crippen LogP contribution is 2.29. The van der Waals surface area contributed by atoms with E-state index in [-0.39, 0.29) is 9.79 Å². The molecule has 19 heavy (non-hydrogen) atoms. The maximum Gasteiger partial charge on any atom is 0.206 e. The predicted octanol–water partition coefficient (Wildman–Crippen LogP) is 2.54. The van der Waals surface area contributed by atoms with E-state index in [0.717, 1.165) is 0 Å². The summed E-state index contributed by atoms with van der Waals surface area (Å²) in [6.07, 6.45) is 0. The first-order valence-corrected chi connectivity index (χ1v) is 7.09. The molecule has 0 atom stereocenters. The Bertz CT molecular complexity index is 641. The third kappa shape index (κ3) is 2.71. The summed E-state index contributed by atoms with van der Waals surface area (Å²) in [4.78, 5) is 0.389. The van der Waals surface area contributed by atoms with Gasteiger partial charge in [-0.3, -0.25) is 0 Å². The topological polar surface area (TPSA) is 52.6 Å². The van der Waals surface area contributed by atoms with Crippen LogP contribution in [0.1, 0.15) is 0 Å². The molecule has 5 heteroatoms. The monoisotopic (exact) mass is 278 g/mol. The maximum atomic E-state index is 12.5. The Hall–Kier alpha value is -2.01. The van der Waals surface area contributed by atoms with Crippen LogP contribution in [0.15, 0.2) is 58.3 Å². The maximum absolute atomic E-state index is 12.5. The lowest BCUT2D eigenvalue weighted by atomic mass is 10.3. The molecule has 4 nitrogen and oxygen atoms in total. The van der Waals surface area contributed by atoms with Crippen LogP contribution in [-0.4, -0.2) is 22.6 Å². The minimum absolute atomic E-state index is 0.148. The van der Waals surface area contributed by atoms with Crippen LogP contribution in [0.25, 0.3) is 0 Å². The lowest BCUT2D eigenvalue weighted by Gasteiger charge is -2.09. The van der Waals surface area contributed by atoms with Crippen molar-refractivity contribution in [1.82, 2.24) is 0 Å². The van der Waals surface area contributed by atoms with Crippen molar-refractivity contribution in [2.24, 2.45) is 0 Å². The zero-order chi connectivity index (χ0) is 13.9. The first-order chi connectivity index (χ1) is 9.07. The molecule has 0 heterocycles. The molecular formula is C14H14O4S. The van der Waals surface area contributed by atoms with Crippen molar-refractivity contribution in [1.29, 1.82) is 0 Å². The molecule has 2 aromatic carbocycles. The van der Waals surface area contributed by atoms with Crippen LogP contribution in [0, 0.1) is 0 Å². The Kier molecular flexibility index (Phi) is 3.76. The molecule has 0 aliphatic heterocycles. The molecule has 0 spiro atoms. The van der Waals surface area contributed by atoms with E-state index < -0.39 is 9.84 Å². The Labute approximate surface area is 112 Å². The molecule has 0 N–H and O–H groups in total. The van der Waals surface area contributed by atoms with Gasteiger partial charge in [0, 0.05) is 6.07 Å². The lowest BCUT2D eigenvalue weighted by molar-refractivity contribution is 0.392. The number of hydrogen-bond donors (Lipinski definition) is 0. The van der Waals surface area contributed by atoms with Crippen molar-refractivity contribution in [3.63, 3.8) is 0 Å². The summed E-state index contributed by atoms with van der Waals surface area (Å²) >= 11 is 0. The normalized spacial score (nSPS) is 11.1. The zero-order valence-corrected chi connectivity index (χ0v) is 11.5. The minimum atomic E-state index is -3.56. The summed E-state index contributed by atoms with van der Waals surface area (Å²) in [6.45, 7) is 0. The second kappa shape index (κ2) is 5.32. The van der Waals surface area contributed by atoms with Crippen LogP contribution in [0.3, 0.4) is 0 Å². The van der Waals surface area contributed by atoms with E-state index in [2.05, 4.69) is 0 Å². The molecule has 0 fully saturated rings. The predicted molar refractivity (Wildman–Crippen MR) is 71.4 cm³/mol. The van der Waals surface area contributed by atoms with Gasteiger partial charge in [-0.25, -0.2) is 8.42 Å². The van der Waals surface area contributed by atoms with Gasteiger partial charge in [-0.05, 0) is 24.3 Å². The summed E-state index contributed by atoms with van der Waals surface area (Å²) in [5.74, 6) is 0.878. The smallest absolute Gasteiger partial charge is 0.206 e. The Morgan fingerprint density at radius 1 is 0.789 bits per heavy atom. The molecule has 0 bridgehead atoms. The van der Waals surface area contributed by atoms with E-state index in [1.165, 1.54) is 26.4 Å². The number of ether oxygens (including phenoxy) is 2. The number of hydrogen-bond acceptors (Lipinski definition) is 4. The van der Waals surface area contributed by atoms with E-state index in [9.17, 15) is 8.42 Å². The molecule has 0 aliphatic rings. The summed E-state index contributed by atoms with van der Waals surface area (Å²) < 4.78 is 35.1. The number of benzene rings is 2. The van der Waals surface area contributed by atoms with Crippen molar-refractivity contribution >= 4 is 9.84 Å². The van der Waals surface area contributed by atoms with Gasteiger partial charge in [0.1, 0.15) is 11.5 Å². The second-order valence-corrected chi connectivity index (χ2v) is 5.81. The second-order valence-electron chi connectivity index (χ2n) is 3.86. The third-order valence-corrected chi connectivity index (χ3v) is 4.44. The van der Waals surface area contributed by atoms with Crippen LogP contribution in [0.5, 0.6) is 11.5 Å². The highest BCUT2D eigenvalue weighted by Gasteiger charge is 2.19. The van der Waals surface area contributed by atoms with Gasteiger partial charge in [-0.2, -0.15) is 0 Å². The number of methoxy groups -OCH3 is 2. The number of sulfone groups is 1. The van der Waals surface area contributed by atoms with Crippen molar-refractivity contribution in [2.75, 3.05) is 14.2 Å². The number of rotatable bonds is 4. The quantitative estimate of drug-likeness (QED) is 0.862. The van der Waals surface area contributed by atoms with Crippen molar-refractivity contribution in [3.8, 4) is 11.5 Å². The summed E-state index contributed by atoms with van der Waals surface area (Å²) in [5.41, 5.74) is 0. The van der Waals surface area contributed by atoms with Gasteiger partial charge in [0.15, 0.2) is 0 Å². The Morgan fingerprint density at radius 2 is 1.32 bits per heavy atom. The van der Waals surface area contributed by atoms with Gasteiger partial charge in [-0.15, -0.1) is 0 Å². The zero-order valence-electron chi connectivity index (χ0n) is 10.7. The molecule has 2 rings (SSSR count). The van der Waals surface area contributed by atoms with Gasteiger partial charge in [0.2, 0.25) is 9.84 Å². The van der Waals surface area contributed by atoms with Crippen LogP contribution < -0.4 is 9.47 Å². The molecule has 0 amide bonds. The van der Waals surface area contributed by atoms with Gasteiger partial charge < -0.3 is 9.47 Å². The van der Waals surface area contributed by atoms with E-state index in [1.54, 1.807) is 36.4 Å². The SMILES string of the molecule is COc1cc(OC)cc(S(=O)(=O)c2ccccc2)c1. The third-order valence-electron chi connectivity index (χ3n) is 2.69. The fourth-order valence-corrected chi connectivity index (χ4v) is 3.00. The first kappa shape index (κ1) is 13.4. The van der Waals surface area contributed by atoms with Crippen LogP contribution in [-0.2, 0) is 9.84 Å². The standard InChI is InChI=1S/C14H14O4S/c1-17-11-8-12(18-2)10-14(9-11)19(15,16)13-6-4-3-5-7-13/h3-10H,1-2H3. The molecule has 0 unspecified atom stereocenters. The lowest BCUT2D eigenvalue weighted by Crippen LogP contribution is -2.02. The molecule has 2 aromatic rings. The molecular weight excluding hydrogens is 264 g/mol. The highest BCUT2D eigenvalue weighted by molar-refractivity contribution is 7.91. The van der Waals surface area contributed by atoms with Gasteiger partial charge in [-0.1, -0.05) is 18.2 Å². The Morgan fingerprint density at radius 3 is 1.79 bits per heavy atom. The molecule has 0 saturated carbocycles. The van der Waals surface area contributed by atoms with Crippen molar-refractivity contribution < 1.29 is 17.9 Å². The van der Waals surface area contributed by atoms with Gasteiger partial charge in [0.05, 0.1) is 24.0 Å². The summed E-state index contributed by atoms with van der Waals surface area (Å²) in [7, 11) is -0.604. The first-order valence-electron chi connectivity index (χ1n) is 5.61. The van der Waals surface area contributed by atoms with Crippen molar-refractivity contribution in [2.45, 2.75) is 9.79 Å². The van der Waals surface area contributed by atoms with E-state index >= 15 is 0 Å². The van der Waals surface area contributed by atoms with E-state index in [1.807, 2.05) is 0 Å². The molecule has 0 aromatic heterocycles.